The molecular weight excluding hydrogens is 262 g/mol. The first-order chi connectivity index (χ1) is 7.18. The normalized spacial score (nSPS) is 17.5. The number of carbonyl (C=O) groups is 1. The van der Waals surface area contributed by atoms with Crippen molar-refractivity contribution < 1.29 is 14.3 Å². The van der Waals surface area contributed by atoms with Crippen LogP contribution in [0.15, 0.2) is 21.4 Å². The van der Waals surface area contributed by atoms with E-state index in [1.54, 1.807) is 6.07 Å². The third kappa shape index (κ3) is 2.60. The minimum Gasteiger partial charge on any atom is -0.457 e. The predicted octanol–water partition coefficient (Wildman–Crippen LogP) is 1.54. The zero-order chi connectivity index (χ0) is 10.8. The summed E-state index contributed by atoms with van der Waals surface area (Å²) in [7, 11) is 0. The van der Waals surface area contributed by atoms with Crippen molar-refractivity contribution in [3.63, 3.8) is 0 Å². The maximum absolute atomic E-state index is 11.6. The average Bonchev–Trinajstić information content (AvgIpc) is 2.98. The monoisotopic (exact) mass is 273 g/mol. The highest BCUT2D eigenvalue weighted by Gasteiger charge is 2.29. The van der Waals surface area contributed by atoms with Gasteiger partial charge < -0.3 is 14.8 Å². The van der Waals surface area contributed by atoms with E-state index < -0.39 is 6.10 Å². The van der Waals surface area contributed by atoms with Crippen LogP contribution in [0, 0.1) is 5.92 Å². The van der Waals surface area contributed by atoms with E-state index in [1.165, 1.54) is 6.26 Å². The van der Waals surface area contributed by atoms with Gasteiger partial charge in [0.15, 0.2) is 4.67 Å². The highest BCUT2D eigenvalue weighted by Crippen LogP contribution is 2.32. The summed E-state index contributed by atoms with van der Waals surface area (Å²) in [5.41, 5.74) is 0.456. The van der Waals surface area contributed by atoms with Crippen molar-refractivity contribution in [2.24, 2.45) is 5.92 Å². The smallest absolute Gasteiger partial charge is 0.255 e. The molecule has 0 radical (unpaired) electrons. The highest BCUT2D eigenvalue weighted by molar-refractivity contribution is 9.10. The quantitative estimate of drug-likeness (QED) is 0.875. The number of furan rings is 1. The summed E-state index contributed by atoms with van der Waals surface area (Å²) >= 11 is 3.13. The summed E-state index contributed by atoms with van der Waals surface area (Å²) in [5.74, 6) is 0.147. The Bertz CT molecular complexity index is 359. The van der Waals surface area contributed by atoms with Crippen molar-refractivity contribution in [1.29, 1.82) is 0 Å². The Balaban J connectivity index is 1.84. The van der Waals surface area contributed by atoms with Crippen molar-refractivity contribution in [2.75, 3.05) is 6.54 Å². The largest absolute Gasteiger partial charge is 0.457 e. The molecule has 1 aliphatic carbocycles. The van der Waals surface area contributed by atoms with Crippen LogP contribution >= 0.6 is 15.9 Å². The van der Waals surface area contributed by atoms with Gasteiger partial charge in [0, 0.05) is 6.54 Å². The number of aliphatic hydroxyl groups excluding tert-OH is 1. The fourth-order valence-electron chi connectivity index (χ4n) is 1.40. The molecule has 1 amide bonds. The Morgan fingerprint density at radius 3 is 3.00 bits per heavy atom. The van der Waals surface area contributed by atoms with Crippen molar-refractivity contribution in [3.05, 3.63) is 22.6 Å². The molecule has 2 rings (SSSR count). The molecule has 0 aliphatic heterocycles. The van der Waals surface area contributed by atoms with Crippen LogP contribution in [0.4, 0.5) is 0 Å². The fourth-order valence-corrected chi connectivity index (χ4v) is 1.82. The first-order valence-corrected chi connectivity index (χ1v) is 5.67. The van der Waals surface area contributed by atoms with E-state index in [2.05, 4.69) is 21.2 Å². The number of hydrogen-bond donors (Lipinski definition) is 2. The van der Waals surface area contributed by atoms with Gasteiger partial charge in [-0.15, -0.1) is 0 Å². The predicted molar refractivity (Wildman–Crippen MR) is 57.5 cm³/mol. The van der Waals surface area contributed by atoms with Crippen molar-refractivity contribution in [2.45, 2.75) is 18.9 Å². The summed E-state index contributed by atoms with van der Waals surface area (Å²) in [6, 6.07) is 1.59. The number of nitrogens with one attached hydrogen (secondary N) is 1. The minimum atomic E-state index is -0.417. The van der Waals surface area contributed by atoms with E-state index in [4.69, 9.17) is 4.42 Å². The van der Waals surface area contributed by atoms with Crippen LogP contribution in [0.25, 0.3) is 0 Å². The van der Waals surface area contributed by atoms with Crippen LogP contribution in [0.5, 0.6) is 0 Å². The fraction of sp³-hybridized carbons (Fsp3) is 0.500. The van der Waals surface area contributed by atoms with Gasteiger partial charge in [0.25, 0.3) is 5.91 Å². The lowest BCUT2D eigenvalue weighted by molar-refractivity contribution is 0.0899. The van der Waals surface area contributed by atoms with Gasteiger partial charge in [-0.25, -0.2) is 0 Å². The van der Waals surface area contributed by atoms with E-state index in [0.29, 0.717) is 22.7 Å². The lowest BCUT2D eigenvalue weighted by atomic mass is 10.2. The Kier molecular flexibility index (Phi) is 3.11. The van der Waals surface area contributed by atoms with Gasteiger partial charge in [-0.05, 0) is 40.8 Å². The summed E-state index contributed by atoms with van der Waals surface area (Å²) in [5, 5.41) is 12.2. The van der Waals surface area contributed by atoms with E-state index in [9.17, 15) is 9.90 Å². The molecule has 2 N–H and O–H groups in total. The first kappa shape index (κ1) is 10.7. The average molecular weight is 274 g/mol. The molecule has 0 spiro atoms. The molecule has 1 aliphatic rings. The number of halogens is 1. The van der Waals surface area contributed by atoms with Gasteiger partial charge in [-0.2, -0.15) is 0 Å². The van der Waals surface area contributed by atoms with Crippen molar-refractivity contribution >= 4 is 21.8 Å². The van der Waals surface area contributed by atoms with E-state index in [-0.39, 0.29) is 5.91 Å². The van der Waals surface area contributed by atoms with Crippen LogP contribution < -0.4 is 5.32 Å². The third-order valence-corrected chi connectivity index (χ3v) is 3.11. The van der Waals surface area contributed by atoms with E-state index in [0.717, 1.165) is 12.8 Å². The zero-order valence-electron chi connectivity index (χ0n) is 8.07. The molecule has 0 bridgehead atoms. The molecule has 1 atom stereocenters. The van der Waals surface area contributed by atoms with Crippen molar-refractivity contribution in [1.82, 2.24) is 5.32 Å². The van der Waals surface area contributed by atoms with Crippen LogP contribution in [0.2, 0.25) is 0 Å². The second-order valence-electron chi connectivity index (χ2n) is 3.72. The topological polar surface area (TPSA) is 62.5 Å². The number of amides is 1. The number of hydrogen-bond acceptors (Lipinski definition) is 3. The molecule has 1 unspecified atom stereocenters. The molecular formula is C10H12BrNO3. The number of rotatable bonds is 4. The molecule has 0 aromatic carbocycles. The van der Waals surface area contributed by atoms with Gasteiger partial charge in [-0.3, -0.25) is 4.79 Å². The van der Waals surface area contributed by atoms with Crippen LogP contribution in [0.3, 0.4) is 0 Å². The molecule has 1 aromatic rings. The highest BCUT2D eigenvalue weighted by atomic mass is 79.9. The van der Waals surface area contributed by atoms with Gasteiger partial charge in [0.05, 0.1) is 17.9 Å². The summed E-state index contributed by atoms with van der Waals surface area (Å²) in [6.45, 7) is 0.307. The molecule has 15 heavy (non-hydrogen) atoms. The molecule has 1 fully saturated rings. The second kappa shape index (κ2) is 4.37. The third-order valence-electron chi connectivity index (χ3n) is 2.50. The molecule has 82 valence electrons. The zero-order valence-corrected chi connectivity index (χ0v) is 9.66. The Hall–Kier alpha value is -0.810. The molecule has 0 saturated heterocycles. The SMILES string of the molecule is O=C(NCC(O)C1CC1)c1ccoc1Br. The lowest BCUT2D eigenvalue weighted by Gasteiger charge is -2.09. The van der Waals surface area contributed by atoms with Crippen molar-refractivity contribution in [3.8, 4) is 0 Å². The minimum absolute atomic E-state index is 0.227. The lowest BCUT2D eigenvalue weighted by Crippen LogP contribution is -2.33. The Labute approximate surface area is 95.8 Å². The number of carbonyl (C=O) groups excluding carboxylic acids is 1. The van der Waals surface area contributed by atoms with E-state index in [1.807, 2.05) is 0 Å². The van der Waals surface area contributed by atoms with Crippen LogP contribution in [0.1, 0.15) is 23.2 Å². The first-order valence-electron chi connectivity index (χ1n) is 4.87. The molecule has 1 saturated carbocycles. The molecule has 1 heterocycles. The summed E-state index contributed by atoms with van der Waals surface area (Å²) < 4.78 is 5.36. The van der Waals surface area contributed by atoms with Gasteiger partial charge in [0.2, 0.25) is 0 Å². The maximum atomic E-state index is 11.6. The van der Waals surface area contributed by atoms with Crippen LogP contribution in [-0.2, 0) is 0 Å². The maximum Gasteiger partial charge on any atom is 0.255 e. The second-order valence-corrected chi connectivity index (χ2v) is 4.44. The standard InChI is InChI=1S/C10H12BrNO3/c11-9-7(3-4-15-9)10(14)12-5-8(13)6-1-2-6/h3-4,6,8,13H,1-2,5H2,(H,12,14). The summed E-state index contributed by atoms with van der Waals surface area (Å²) in [4.78, 5) is 11.6. The van der Waals surface area contributed by atoms with Gasteiger partial charge in [-0.1, -0.05) is 0 Å². The van der Waals surface area contributed by atoms with Crippen LogP contribution in [-0.4, -0.2) is 23.7 Å². The molecule has 5 heteroatoms. The molecule has 4 nitrogen and oxygen atoms in total. The molecule has 1 aromatic heterocycles. The van der Waals surface area contributed by atoms with Gasteiger partial charge in [0.1, 0.15) is 0 Å². The Morgan fingerprint density at radius 2 is 2.47 bits per heavy atom. The number of aliphatic hydroxyl groups is 1. The Morgan fingerprint density at radius 1 is 1.73 bits per heavy atom. The van der Waals surface area contributed by atoms with Gasteiger partial charge >= 0.3 is 0 Å². The summed E-state index contributed by atoms with van der Waals surface area (Å²) in [6.07, 6.45) is 3.15. The van der Waals surface area contributed by atoms with E-state index >= 15 is 0 Å².